The standard InChI is InChI=1S/C74H141NO5/c1-3-5-7-9-11-13-15-17-18-19-20-21-30-33-36-39-43-46-50-54-58-62-66-72(77)71(70-76)75-73(78)67-63-59-55-51-47-44-40-37-34-31-28-26-24-22-23-25-27-29-32-35-38-41-45-49-53-57-61-65-69-80-74(79)68-64-60-56-52-48-42-16-14-12-10-8-6-4-2/h14,16,22-23,62,66,71-72,76-77H,3-13,15,17-21,24-61,63-65,67-70H2,1-2H3,(H,75,78)/b16-14-,23-22-,66-62+. The maximum Gasteiger partial charge on any atom is 0.305 e. The molecule has 0 aliphatic rings. The van der Waals surface area contributed by atoms with Crippen molar-refractivity contribution in [3.8, 4) is 0 Å². The van der Waals surface area contributed by atoms with Crippen LogP contribution in [0.2, 0.25) is 0 Å². The first-order valence-corrected chi connectivity index (χ1v) is 36.3. The van der Waals surface area contributed by atoms with E-state index in [9.17, 15) is 19.8 Å². The lowest BCUT2D eigenvalue weighted by atomic mass is 10.0. The van der Waals surface area contributed by atoms with Crippen molar-refractivity contribution in [2.45, 2.75) is 411 Å². The third-order valence-corrected chi connectivity index (χ3v) is 16.9. The number of allylic oxidation sites excluding steroid dienone is 5. The third kappa shape index (κ3) is 65.2. The highest BCUT2D eigenvalue weighted by Crippen LogP contribution is 2.18. The van der Waals surface area contributed by atoms with E-state index >= 15 is 0 Å². The minimum Gasteiger partial charge on any atom is -0.466 e. The van der Waals surface area contributed by atoms with Gasteiger partial charge in [0.25, 0.3) is 0 Å². The van der Waals surface area contributed by atoms with Gasteiger partial charge in [0.2, 0.25) is 5.91 Å². The molecule has 0 fully saturated rings. The number of unbranched alkanes of at least 4 members (excludes halogenated alkanes) is 53. The first kappa shape index (κ1) is 78.1. The summed E-state index contributed by atoms with van der Waals surface area (Å²) < 4.78 is 5.48. The summed E-state index contributed by atoms with van der Waals surface area (Å²) in [5.41, 5.74) is 0. The molecule has 0 rings (SSSR count). The Morgan fingerprint density at radius 1 is 0.338 bits per heavy atom. The Kier molecular flexibility index (Phi) is 67.9. The molecule has 0 heterocycles. The Hall–Kier alpha value is -1.92. The molecule has 0 aliphatic heterocycles. The first-order valence-electron chi connectivity index (χ1n) is 36.3. The summed E-state index contributed by atoms with van der Waals surface area (Å²) in [6.07, 6.45) is 89.4. The number of aliphatic hydroxyl groups is 2. The summed E-state index contributed by atoms with van der Waals surface area (Å²) in [6, 6.07) is -0.629. The van der Waals surface area contributed by atoms with Crippen LogP contribution >= 0.6 is 0 Å². The van der Waals surface area contributed by atoms with Gasteiger partial charge < -0.3 is 20.3 Å². The number of hydrogen-bond acceptors (Lipinski definition) is 5. The zero-order valence-electron chi connectivity index (χ0n) is 54.1. The van der Waals surface area contributed by atoms with Crippen LogP contribution in [0.25, 0.3) is 0 Å². The third-order valence-electron chi connectivity index (χ3n) is 16.9. The van der Waals surface area contributed by atoms with Crippen LogP contribution in [0, 0.1) is 0 Å². The molecule has 80 heavy (non-hydrogen) atoms. The van der Waals surface area contributed by atoms with Crippen LogP contribution < -0.4 is 5.32 Å². The van der Waals surface area contributed by atoms with Gasteiger partial charge in [0.15, 0.2) is 0 Å². The second kappa shape index (κ2) is 69.6. The highest BCUT2D eigenvalue weighted by molar-refractivity contribution is 5.76. The zero-order valence-corrected chi connectivity index (χ0v) is 54.1. The molecule has 2 unspecified atom stereocenters. The van der Waals surface area contributed by atoms with Crippen LogP contribution in [0.5, 0.6) is 0 Å². The van der Waals surface area contributed by atoms with Crippen molar-refractivity contribution >= 4 is 11.9 Å². The molecular weight excluding hydrogens is 983 g/mol. The SMILES string of the molecule is CCCCCC/C=C\CCCCCCCC(=O)OCCCCCCCCCCCCCC/C=C\CCCCCCCCCCCCCCC(=O)NC(CO)C(O)/C=C/CCCCCCCCCCCCCCCCCCCCCC. The average Bonchev–Trinajstić information content (AvgIpc) is 3.46. The molecule has 0 aromatic carbocycles. The lowest BCUT2D eigenvalue weighted by Gasteiger charge is -2.20. The lowest BCUT2D eigenvalue weighted by molar-refractivity contribution is -0.143. The lowest BCUT2D eigenvalue weighted by Crippen LogP contribution is -2.45. The number of esters is 1. The fraction of sp³-hybridized carbons (Fsp3) is 0.892. The molecular formula is C74H141NO5. The predicted octanol–water partition coefficient (Wildman–Crippen LogP) is 23.5. The molecule has 6 heteroatoms. The number of carbonyl (C=O) groups is 2. The quantitative estimate of drug-likeness (QED) is 0.0320. The minimum absolute atomic E-state index is 0.00664. The molecule has 0 saturated heterocycles. The smallest absolute Gasteiger partial charge is 0.305 e. The molecule has 0 bridgehead atoms. The van der Waals surface area contributed by atoms with E-state index in [0.717, 1.165) is 44.9 Å². The molecule has 0 aromatic rings. The monoisotopic (exact) mass is 1120 g/mol. The van der Waals surface area contributed by atoms with E-state index in [4.69, 9.17) is 4.74 Å². The molecule has 0 spiro atoms. The summed E-state index contributed by atoms with van der Waals surface area (Å²) in [6.45, 7) is 4.92. The van der Waals surface area contributed by atoms with Gasteiger partial charge in [0, 0.05) is 12.8 Å². The molecule has 0 aliphatic carbocycles. The van der Waals surface area contributed by atoms with Crippen molar-refractivity contribution in [1.82, 2.24) is 5.32 Å². The van der Waals surface area contributed by atoms with E-state index in [2.05, 4.69) is 43.5 Å². The van der Waals surface area contributed by atoms with Crippen molar-refractivity contribution < 1.29 is 24.5 Å². The van der Waals surface area contributed by atoms with Gasteiger partial charge >= 0.3 is 5.97 Å². The molecule has 1 amide bonds. The van der Waals surface area contributed by atoms with Crippen molar-refractivity contribution in [2.24, 2.45) is 0 Å². The number of amides is 1. The van der Waals surface area contributed by atoms with Crippen molar-refractivity contribution in [3.63, 3.8) is 0 Å². The van der Waals surface area contributed by atoms with Crippen LogP contribution in [0.4, 0.5) is 0 Å². The number of aliphatic hydroxyl groups excluding tert-OH is 2. The molecule has 0 aromatic heterocycles. The van der Waals surface area contributed by atoms with Gasteiger partial charge in [-0.3, -0.25) is 9.59 Å². The summed E-state index contributed by atoms with van der Waals surface area (Å²) >= 11 is 0. The Morgan fingerprint density at radius 2 is 0.588 bits per heavy atom. The molecule has 3 N–H and O–H groups in total. The van der Waals surface area contributed by atoms with E-state index in [0.29, 0.717) is 19.4 Å². The van der Waals surface area contributed by atoms with Crippen molar-refractivity contribution in [2.75, 3.05) is 13.2 Å². The van der Waals surface area contributed by atoms with Crippen LogP contribution in [0.3, 0.4) is 0 Å². The summed E-state index contributed by atoms with van der Waals surface area (Å²) in [5.74, 6) is -0.0574. The zero-order chi connectivity index (χ0) is 57.8. The molecule has 6 nitrogen and oxygen atoms in total. The van der Waals surface area contributed by atoms with Gasteiger partial charge in [-0.1, -0.05) is 339 Å². The van der Waals surface area contributed by atoms with Gasteiger partial charge in [0.1, 0.15) is 0 Å². The minimum atomic E-state index is -0.846. The van der Waals surface area contributed by atoms with Crippen LogP contribution in [0.15, 0.2) is 36.5 Å². The van der Waals surface area contributed by atoms with Gasteiger partial charge in [-0.05, 0) is 83.5 Å². The number of hydrogen-bond donors (Lipinski definition) is 3. The van der Waals surface area contributed by atoms with Crippen molar-refractivity contribution in [1.29, 1.82) is 0 Å². The Morgan fingerprint density at radius 3 is 0.900 bits per heavy atom. The van der Waals surface area contributed by atoms with Crippen LogP contribution in [0.1, 0.15) is 399 Å². The fourth-order valence-corrected chi connectivity index (χ4v) is 11.3. The topological polar surface area (TPSA) is 95.9 Å². The van der Waals surface area contributed by atoms with E-state index in [1.54, 1.807) is 6.08 Å². The average molecular weight is 1120 g/mol. The number of carbonyl (C=O) groups excluding carboxylic acids is 2. The molecule has 0 saturated carbocycles. The second-order valence-electron chi connectivity index (χ2n) is 24.9. The maximum atomic E-state index is 12.5. The number of rotatable bonds is 68. The predicted molar refractivity (Wildman–Crippen MR) is 352 cm³/mol. The Balaban J connectivity index is 3.41. The Labute approximate surface area is 500 Å². The molecule has 472 valence electrons. The highest BCUT2D eigenvalue weighted by Gasteiger charge is 2.18. The normalized spacial score (nSPS) is 12.7. The van der Waals surface area contributed by atoms with E-state index in [-0.39, 0.29) is 18.5 Å². The summed E-state index contributed by atoms with van der Waals surface area (Å²) in [4.78, 5) is 24.6. The Bertz CT molecular complexity index is 1300. The summed E-state index contributed by atoms with van der Waals surface area (Å²) in [5, 5.41) is 23.3. The van der Waals surface area contributed by atoms with E-state index in [1.165, 1.54) is 327 Å². The van der Waals surface area contributed by atoms with Gasteiger partial charge in [-0.2, -0.15) is 0 Å². The van der Waals surface area contributed by atoms with Crippen LogP contribution in [-0.4, -0.2) is 47.4 Å². The highest BCUT2D eigenvalue weighted by atomic mass is 16.5. The fourth-order valence-electron chi connectivity index (χ4n) is 11.3. The van der Waals surface area contributed by atoms with Crippen LogP contribution in [-0.2, 0) is 14.3 Å². The maximum absolute atomic E-state index is 12.5. The second-order valence-corrected chi connectivity index (χ2v) is 24.9. The summed E-state index contributed by atoms with van der Waals surface area (Å²) in [7, 11) is 0. The van der Waals surface area contributed by atoms with Gasteiger partial charge in [0.05, 0.1) is 25.4 Å². The van der Waals surface area contributed by atoms with Crippen molar-refractivity contribution in [3.05, 3.63) is 36.5 Å². The van der Waals surface area contributed by atoms with E-state index in [1.807, 2.05) is 6.08 Å². The molecule has 2 atom stereocenters. The largest absolute Gasteiger partial charge is 0.466 e. The number of ether oxygens (including phenoxy) is 1. The molecule has 0 radical (unpaired) electrons. The number of nitrogens with one attached hydrogen (secondary N) is 1. The van der Waals surface area contributed by atoms with Gasteiger partial charge in [-0.15, -0.1) is 0 Å². The first-order chi connectivity index (χ1) is 39.5. The van der Waals surface area contributed by atoms with E-state index < -0.39 is 12.1 Å². The van der Waals surface area contributed by atoms with Gasteiger partial charge in [-0.25, -0.2) is 0 Å².